The highest BCUT2D eigenvalue weighted by atomic mass is 35.5. The second-order valence-electron chi connectivity index (χ2n) is 20.5. The number of nitrogens with one attached hydrogen (secondary N) is 1. The van der Waals surface area contributed by atoms with Crippen LogP contribution in [0.1, 0.15) is 94.9 Å². The lowest BCUT2D eigenvalue weighted by Gasteiger charge is -2.44. The second-order valence-corrected chi connectivity index (χ2v) is 20.5. The molecule has 3 amide bonds. The minimum Gasteiger partial charge on any atom is -0.493 e. The Bertz CT molecular complexity index is 2340. The van der Waals surface area contributed by atoms with Gasteiger partial charge in [0.05, 0.1) is 46.7 Å². The van der Waals surface area contributed by atoms with E-state index in [1.807, 2.05) is 111 Å². The Balaban J connectivity index is 0.000000330. The van der Waals surface area contributed by atoms with Crippen molar-refractivity contribution in [3.05, 3.63) is 108 Å². The number of benzene rings is 4. The molecular formula is C59H85ClN4O12. The van der Waals surface area contributed by atoms with Gasteiger partial charge in [0, 0.05) is 108 Å². The van der Waals surface area contributed by atoms with Crippen LogP contribution in [0, 0.1) is 11.8 Å². The number of carbonyl (C=O) groups is 3. The molecule has 16 nitrogen and oxygen atoms in total. The van der Waals surface area contributed by atoms with Gasteiger partial charge in [0.1, 0.15) is 17.1 Å². The van der Waals surface area contributed by atoms with Crippen LogP contribution in [0.2, 0.25) is 0 Å². The summed E-state index contributed by atoms with van der Waals surface area (Å²) in [5, 5.41) is 3.50. The summed E-state index contributed by atoms with van der Waals surface area (Å²) in [5.74, 6) is 4.08. The predicted octanol–water partition coefficient (Wildman–Crippen LogP) is 10.1. The van der Waals surface area contributed by atoms with E-state index in [-0.39, 0.29) is 60.4 Å². The molecule has 0 bridgehead atoms. The van der Waals surface area contributed by atoms with Gasteiger partial charge in [0.25, 0.3) is 11.8 Å². The summed E-state index contributed by atoms with van der Waals surface area (Å²) in [6.45, 7) is 19.3. The first-order chi connectivity index (χ1) is 36.0. The third-order valence-electron chi connectivity index (χ3n) is 12.7. The number of hydrogen-bond acceptors (Lipinski definition) is 13. The Kier molecular flexibility index (Phi) is 26.3. The van der Waals surface area contributed by atoms with Crippen LogP contribution in [0.4, 0.5) is 4.79 Å². The maximum absolute atomic E-state index is 14.0. The summed E-state index contributed by atoms with van der Waals surface area (Å²) in [6, 6.07) is 29.9. The van der Waals surface area contributed by atoms with E-state index in [1.54, 1.807) is 63.7 Å². The van der Waals surface area contributed by atoms with Crippen LogP contribution in [0.15, 0.2) is 97.1 Å². The molecule has 420 valence electrons. The molecule has 2 heterocycles. The largest absolute Gasteiger partial charge is 0.493 e. The van der Waals surface area contributed by atoms with Crippen LogP contribution >= 0.6 is 12.4 Å². The van der Waals surface area contributed by atoms with Crippen molar-refractivity contribution in [2.45, 2.75) is 104 Å². The summed E-state index contributed by atoms with van der Waals surface area (Å²) < 4.78 is 50.7. The molecule has 76 heavy (non-hydrogen) atoms. The summed E-state index contributed by atoms with van der Waals surface area (Å²) >= 11 is 0. The Labute approximate surface area is 458 Å². The van der Waals surface area contributed by atoms with Gasteiger partial charge in [-0.15, -0.1) is 12.4 Å². The molecule has 0 saturated carbocycles. The Hall–Kier alpha value is -5.94. The van der Waals surface area contributed by atoms with Gasteiger partial charge in [-0.3, -0.25) is 9.59 Å². The first kappa shape index (κ1) is 62.6. The van der Waals surface area contributed by atoms with E-state index in [0.717, 1.165) is 37.4 Å². The van der Waals surface area contributed by atoms with Crippen molar-refractivity contribution in [1.82, 2.24) is 20.0 Å². The minimum atomic E-state index is -0.629. The lowest BCUT2D eigenvalue weighted by Crippen LogP contribution is -2.57. The fraction of sp³-hybridized carbons (Fsp3) is 0.542. The molecule has 0 aliphatic carbocycles. The number of para-hydroxylation sites is 2. The molecule has 0 radical (unpaired) electrons. The molecule has 0 spiro atoms. The first-order valence-electron chi connectivity index (χ1n) is 26.3. The fourth-order valence-electron chi connectivity index (χ4n) is 9.34. The van der Waals surface area contributed by atoms with Gasteiger partial charge in [-0.05, 0) is 122 Å². The van der Waals surface area contributed by atoms with Crippen LogP contribution < -0.4 is 33.7 Å². The van der Waals surface area contributed by atoms with Crippen LogP contribution in [0.5, 0.6) is 34.5 Å². The van der Waals surface area contributed by atoms with E-state index < -0.39 is 5.60 Å². The number of methoxy groups -OCH3 is 4. The Morgan fingerprint density at radius 1 is 0.579 bits per heavy atom. The number of piperidine rings is 2. The molecule has 4 aromatic carbocycles. The number of carbonyl (C=O) groups excluding carboxylic acids is 3. The van der Waals surface area contributed by atoms with E-state index in [1.165, 1.54) is 0 Å². The van der Waals surface area contributed by atoms with E-state index in [4.69, 9.17) is 42.6 Å². The van der Waals surface area contributed by atoms with Crippen molar-refractivity contribution in [2.75, 3.05) is 94.3 Å². The highest BCUT2D eigenvalue weighted by molar-refractivity contribution is 5.96. The number of rotatable bonds is 24. The Morgan fingerprint density at radius 3 is 1.49 bits per heavy atom. The minimum absolute atomic E-state index is 0. The van der Waals surface area contributed by atoms with E-state index in [9.17, 15) is 14.4 Å². The summed E-state index contributed by atoms with van der Waals surface area (Å²) in [7, 11) is 6.49. The number of amides is 3. The smallest absolute Gasteiger partial charge is 0.410 e. The summed E-state index contributed by atoms with van der Waals surface area (Å²) in [4.78, 5) is 46.4. The molecule has 2 fully saturated rings. The van der Waals surface area contributed by atoms with Gasteiger partial charge >= 0.3 is 6.09 Å². The summed E-state index contributed by atoms with van der Waals surface area (Å²) in [5.41, 5.74) is 0.461. The first-order valence-corrected chi connectivity index (χ1v) is 26.3. The van der Waals surface area contributed by atoms with E-state index >= 15 is 0 Å². The number of ether oxygens (including phenoxy) is 9. The van der Waals surface area contributed by atoms with Crippen LogP contribution in [-0.2, 0) is 14.2 Å². The van der Waals surface area contributed by atoms with Crippen LogP contribution in [0.3, 0.4) is 0 Å². The van der Waals surface area contributed by atoms with E-state index in [0.29, 0.717) is 106 Å². The molecule has 4 atom stereocenters. The highest BCUT2D eigenvalue weighted by Gasteiger charge is 2.39. The molecule has 4 aromatic rings. The van der Waals surface area contributed by atoms with Crippen molar-refractivity contribution in [2.24, 2.45) is 11.8 Å². The third-order valence-corrected chi connectivity index (χ3v) is 12.7. The fourth-order valence-corrected chi connectivity index (χ4v) is 9.34. The SMILES string of the molecule is COCCCOc1cc(C(=O)N(C(C)C)C2CNC[C@@H](COc3ccccc3)C2)ccc1OC.COCCCOc1cc(C(=O)N(C(C)C)C2C[C@H](COc3ccccc3)CN(C(=O)OC(C)(C)C)C2)ccc1OC.Cl. The van der Waals surface area contributed by atoms with Gasteiger partial charge in [-0.1, -0.05) is 36.4 Å². The normalized spacial score (nSPS) is 17.3. The number of halogens is 1. The van der Waals surface area contributed by atoms with Gasteiger partial charge in [0.2, 0.25) is 0 Å². The monoisotopic (exact) mass is 1080 g/mol. The molecule has 6 rings (SSSR count). The third kappa shape index (κ3) is 19.6. The van der Waals surface area contributed by atoms with Gasteiger partial charge < -0.3 is 62.6 Å². The van der Waals surface area contributed by atoms with Crippen molar-refractivity contribution >= 4 is 30.3 Å². The van der Waals surface area contributed by atoms with E-state index in [2.05, 4.69) is 19.2 Å². The summed E-state index contributed by atoms with van der Waals surface area (Å²) in [6.07, 6.45) is 2.66. The van der Waals surface area contributed by atoms with Crippen LogP contribution in [0.25, 0.3) is 0 Å². The lowest BCUT2D eigenvalue weighted by molar-refractivity contribution is -0.00552. The average Bonchev–Trinajstić information content (AvgIpc) is 3.40. The zero-order chi connectivity index (χ0) is 54.3. The van der Waals surface area contributed by atoms with Crippen molar-refractivity contribution in [1.29, 1.82) is 0 Å². The van der Waals surface area contributed by atoms with Crippen molar-refractivity contribution in [3.63, 3.8) is 0 Å². The number of nitrogens with zero attached hydrogens (tertiary/aromatic N) is 3. The van der Waals surface area contributed by atoms with Gasteiger partial charge in [-0.25, -0.2) is 4.79 Å². The molecule has 2 saturated heterocycles. The van der Waals surface area contributed by atoms with Gasteiger partial charge in [0.15, 0.2) is 23.0 Å². The highest BCUT2D eigenvalue weighted by Crippen LogP contribution is 2.33. The zero-order valence-electron chi connectivity index (χ0n) is 46.8. The molecular weight excluding hydrogens is 992 g/mol. The topological polar surface area (TPSA) is 156 Å². The average molecular weight is 1080 g/mol. The molecule has 2 aliphatic rings. The van der Waals surface area contributed by atoms with Crippen LogP contribution in [-0.4, -0.2) is 157 Å². The standard InChI is InChI=1S/C32H46N2O7.C27H38N2O5.ClH/c1-23(2)34(30(35)25-14-15-28(38-7)29(19-25)39-17-11-16-37-6)26-18-24(22-40-27-12-9-8-10-13-27)20-33(21-26)31(36)41-32(3,4)5;1-20(2)29(23-15-21(17-28-18-23)19-34-24-9-6-5-7-10-24)27(30)22-11-12-25(32-4)26(16-22)33-14-8-13-31-3;/h8-10,12-15,19,23-24,26H,11,16-18,20-22H2,1-7H3;5-7,9-12,16,20-21,23,28H,8,13-15,17-19H2,1-4H3;1H/t24-,26?;21-,23?;/m00./s1. The molecule has 2 unspecified atom stereocenters. The van der Waals surface area contributed by atoms with Crippen molar-refractivity contribution in [3.8, 4) is 34.5 Å². The lowest BCUT2D eigenvalue weighted by atomic mass is 9.92. The molecule has 17 heteroatoms. The molecule has 2 aliphatic heterocycles. The molecule has 0 aromatic heterocycles. The quantitative estimate of drug-likeness (QED) is 0.0663. The van der Waals surface area contributed by atoms with Gasteiger partial charge in [-0.2, -0.15) is 0 Å². The predicted molar refractivity (Wildman–Crippen MR) is 298 cm³/mol. The number of likely N-dealkylation sites (tertiary alicyclic amines) is 1. The Morgan fingerprint density at radius 2 is 1.04 bits per heavy atom. The second kappa shape index (κ2) is 32.0. The zero-order valence-corrected chi connectivity index (χ0v) is 47.6. The maximum atomic E-state index is 14.0. The maximum Gasteiger partial charge on any atom is 0.410 e. The number of hydrogen-bond donors (Lipinski definition) is 1. The van der Waals surface area contributed by atoms with Crippen molar-refractivity contribution < 1.29 is 57.0 Å². The molecule has 1 N–H and O–H groups in total.